The van der Waals surface area contributed by atoms with Crippen LogP contribution in [0.25, 0.3) is 5.76 Å². The molecule has 3 heterocycles. The van der Waals surface area contributed by atoms with E-state index in [1.54, 1.807) is 36.4 Å². The molecule has 6 heteroatoms. The number of nitrogens with zero attached hydrogens (tertiary/aromatic N) is 1. The zero-order valence-electron chi connectivity index (χ0n) is 13.7. The maximum absolute atomic E-state index is 12.7. The van der Waals surface area contributed by atoms with Crippen molar-refractivity contribution in [1.82, 2.24) is 4.90 Å². The van der Waals surface area contributed by atoms with Crippen LogP contribution in [0.15, 0.2) is 76.2 Å². The number of ketones is 1. The Labute approximate surface area is 153 Å². The van der Waals surface area contributed by atoms with Gasteiger partial charge in [0.2, 0.25) is 0 Å². The predicted octanol–water partition coefficient (Wildman–Crippen LogP) is 3.96. The minimum Gasteiger partial charge on any atom is -0.507 e. The number of benzene rings is 1. The summed E-state index contributed by atoms with van der Waals surface area (Å²) >= 11 is 1.50. The molecule has 0 saturated carbocycles. The highest BCUT2D eigenvalue weighted by molar-refractivity contribution is 7.09. The summed E-state index contributed by atoms with van der Waals surface area (Å²) in [6.45, 7) is 0.277. The largest absolute Gasteiger partial charge is 0.507 e. The number of furan rings is 1. The van der Waals surface area contributed by atoms with Crippen LogP contribution in [0.1, 0.15) is 22.2 Å². The SMILES string of the molecule is O=C1C(=O)N(Cc2cccs2)C(c2ccco2)/C1=C(/O)c1ccccc1. The first-order chi connectivity index (χ1) is 12.7. The number of carbonyl (C=O) groups excluding carboxylic acids is 2. The Morgan fingerprint density at radius 1 is 1.08 bits per heavy atom. The van der Waals surface area contributed by atoms with Crippen LogP contribution in [0.3, 0.4) is 0 Å². The summed E-state index contributed by atoms with van der Waals surface area (Å²) in [7, 11) is 0. The summed E-state index contributed by atoms with van der Waals surface area (Å²) in [6.07, 6.45) is 1.49. The van der Waals surface area contributed by atoms with Crippen molar-refractivity contribution in [3.63, 3.8) is 0 Å². The van der Waals surface area contributed by atoms with Gasteiger partial charge < -0.3 is 14.4 Å². The number of likely N-dealkylation sites (tertiary alicyclic amines) is 1. The van der Waals surface area contributed by atoms with Gasteiger partial charge in [0, 0.05) is 10.4 Å². The summed E-state index contributed by atoms with van der Waals surface area (Å²) < 4.78 is 5.49. The van der Waals surface area contributed by atoms with E-state index in [2.05, 4.69) is 0 Å². The number of rotatable bonds is 4. The molecule has 26 heavy (non-hydrogen) atoms. The molecule has 3 aromatic rings. The average Bonchev–Trinajstić information content (AvgIpc) is 3.41. The average molecular weight is 365 g/mol. The third-order valence-electron chi connectivity index (χ3n) is 4.31. The van der Waals surface area contributed by atoms with E-state index in [1.807, 2.05) is 23.6 Å². The molecule has 1 atom stereocenters. The van der Waals surface area contributed by atoms with Crippen molar-refractivity contribution in [1.29, 1.82) is 0 Å². The van der Waals surface area contributed by atoms with E-state index in [1.165, 1.54) is 22.5 Å². The van der Waals surface area contributed by atoms with Crippen molar-refractivity contribution >= 4 is 28.8 Å². The monoisotopic (exact) mass is 365 g/mol. The summed E-state index contributed by atoms with van der Waals surface area (Å²) in [6, 6.07) is 15.2. The lowest BCUT2D eigenvalue weighted by Crippen LogP contribution is -2.28. The standard InChI is InChI=1S/C20H15NO4S/c22-18(13-6-2-1-3-7-13)16-17(15-9-4-10-25-15)21(20(24)19(16)23)12-14-8-5-11-26-14/h1-11,17,22H,12H2/b18-16-. The Bertz CT molecular complexity index is 959. The molecule has 0 radical (unpaired) electrons. The summed E-state index contributed by atoms with van der Waals surface area (Å²) in [5.41, 5.74) is 0.533. The molecule has 1 saturated heterocycles. The molecule has 0 spiro atoms. The van der Waals surface area contributed by atoms with E-state index in [9.17, 15) is 14.7 Å². The highest BCUT2D eigenvalue weighted by atomic mass is 32.1. The Morgan fingerprint density at radius 3 is 2.54 bits per heavy atom. The molecule has 0 aliphatic carbocycles. The fourth-order valence-electron chi connectivity index (χ4n) is 3.11. The third kappa shape index (κ3) is 2.74. The van der Waals surface area contributed by atoms with Gasteiger partial charge in [-0.15, -0.1) is 11.3 Å². The molecule has 130 valence electrons. The fraction of sp³-hybridized carbons (Fsp3) is 0.100. The number of thiophene rings is 1. The molecule has 1 unspecified atom stereocenters. The van der Waals surface area contributed by atoms with Crippen molar-refractivity contribution in [2.75, 3.05) is 0 Å². The highest BCUT2D eigenvalue weighted by Crippen LogP contribution is 2.40. The van der Waals surface area contributed by atoms with Gasteiger partial charge in [-0.1, -0.05) is 36.4 Å². The molecule has 1 N–H and O–H groups in total. The molecular formula is C20H15NO4S. The Hall–Kier alpha value is -3.12. The Balaban J connectivity index is 1.84. The van der Waals surface area contributed by atoms with Crippen LogP contribution >= 0.6 is 11.3 Å². The van der Waals surface area contributed by atoms with Gasteiger partial charge in [0.1, 0.15) is 17.6 Å². The van der Waals surface area contributed by atoms with Gasteiger partial charge in [-0.05, 0) is 23.6 Å². The van der Waals surface area contributed by atoms with Crippen LogP contribution in [0.5, 0.6) is 0 Å². The van der Waals surface area contributed by atoms with Gasteiger partial charge in [0.05, 0.1) is 18.4 Å². The maximum atomic E-state index is 12.7. The lowest BCUT2D eigenvalue weighted by atomic mass is 9.99. The molecule has 0 bridgehead atoms. The predicted molar refractivity (Wildman–Crippen MR) is 97.3 cm³/mol. The van der Waals surface area contributed by atoms with Crippen LogP contribution in [0.4, 0.5) is 0 Å². The molecule has 5 nitrogen and oxygen atoms in total. The van der Waals surface area contributed by atoms with Gasteiger partial charge in [-0.2, -0.15) is 0 Å². The maximum Gasteiger partial charge on any atom is 0.296 e. The van der Waals surface area contributed by atoms with E-state index >= 15 is 0 Å². The van der Waals surface area contributed by atoms with Crippen LogP contribution in [0, 0.1) is 0 Å². The van der Waals surface area contributed by atoms with Gasteiger partial charge in [-0.3, -0.25) is 9.59 Å². The first-order valence-electron chi connectivity index (χ1n) is 8.06. The topological polar surface area (TPSA) is 70.8 Å². The second-order valence-corrected chi connectivity index (χ2v) is 6.92. The molecular weight excluding hydrogens is 350 g/mol. The van der Waals surface area contributed by atoms with E-state index in [0.717, 1.165) is 4.88 Å². The molecule has 1 fully saturated rings. The van der Waals surface area contributed by atoms with Crippen LogP contribution in [-0.2, 0) is 16.1 Å². The molecule has 1 aliphatic rings. The minimum absolute atomic E-state index is 0.0488. The second kappa shape index (κ2) is 6.65. The smallest absolute Gasteiger partial charge is 0.296 e. The Morgan fingerprint density at radius 2 is 1.88 bits per heavy atom. The van der Waals surface area contributed by atoms with Crippen LogP contribution in [0.2, 0.25) is 0 Å². The van der Waals surface area contributed by atoms with E-state index in [0.29, 0.717) is 11.3 Å². The zero-order valence-corrected chi connectivity index (χ0v) is 14.5. The molecule has 4 rings (SSSR count). The number of carbonyl (C=O) groups is 2. The van der Waals surface area contributed by atoms with Crippen molar-refractivity contribution in [3.8, 4) is 0 Å². The van der Waals surface area contributed by atoms with Crippen LogP contribution < -0.4 is 0 Å². The first-order valence-corrected chi connectivity index (χ1v) is 8.94. The summed E-state index contributed by atoms with van der Waals surface area (Å²) in [5.74, 6) is -1.10. The number of amides is 1. The van der Waals surface area contributed by atoms with Crippen LogP contribution in [-0.4, -0.2) is 21.7 Å². The number of aliphatic hydroxyl groups is 1. The molecule has 1 aromatic carbocycles. The number of Topliss-reactive ketones (excluding diaryl/α,β-unsaturated/α-hetero) is 1. The van der Waals surface area contributed by atoms with Crippen molar-refractivity contribution in [3.05, 3.63) is 88.0 Å². The molecule has 1 amide bonds. The van der Waals surface area contributed by atoms with Gasteiger partial charge >= 0.3 is 0 Å². The molecule has 2 aromatic heterocycles. The first kappa shape index (κ1) is 16.4. The van der Waals surface area contributed by atoms with Gasteiger partial charge in [0.25, 0.3) is 11.7 Å². The van der Waals surface area contributed by atoms with Gasteiger partial charge in [-0.25, -0.2) is 0 Å². The molecule has 1 aliphatic heterocycles. The lowest BCUT2D eigenvalue weighted by Gasteiger charge is -2.22. The Kier molecular flexibility index (Phi) is 4.18. The second-order valence-electron chi connectivity index (χ2n) is 5.89. The van der Waals surface area contributed by atoms with E-state index in [4.69, 9.17) is 4.42 Å². The summed E-state index contributed by atoms with van der Waals surface area (Å²) in [5, 5.41) is 12.7. The quantitative estimate of drug-likeness (QED) is 0.432. The normalized spacial score (nSPS) is 19.2. The van der Waals surface area contributed by atoms with E-state index in [-0.39, 0.29) is 17.9 Å². The van der Waals surface area contributed by atoms with Gasteiger partial charge in [0.15, 0.2) is 0 Å². The van der Waals surface area contributed by atoms with Crippen molar-refractivity contribution < 1.29 is 19.1 Å². The number of aliphatic hydroxyl groups excluding tert-OH is 1. The van der Waals surface area contributed by atoms with E-state index < -0.39 is 17.7 Å². The fourth-order valence-corrected chi connectivity index (χ4v) is 3.81. The minimum atomic E-state index is -0.757. The summed E-state index contributed by atoms with van der Waals surface area (Å²) in [4.78, 5) is 27.8. The lowest BCUT2D eigenvalue weighted by molar-refractivity contribution is -0.140. The zero-order chi connectivity index (χ0) is 18.1. The highest BCUT2D eigenvalue weighted by Gasteiger charge is 2.47. The number of hydrogen-bond acceptors (Lipinski definition) is 5. The van der Waals surface area contributed by atoms with Crippen molar-refractivity contribution in [2.45, 2.75) is 12.6 Å². The third-order valence-corrected chi connectivity index (χ3v) is 5.17. The van der Waals surface area contributed by atoms with Crippen molar-refractivity contribution in [2.24, 2.45) is 0 Å². The number of hydrogen-bond donors (Lipinski definition) is 1.